The predicted molar refractivity (Wildman–Crippen MR) is 99.6 cm³/mol. The van der Waals surface area contributed by atoms with Crippen LogP contribution in [0.25, 0.3) is 0 Å². The van der Waals surface area contributed by atoms with Crippen LogP contribution in [-0.2, 0) is 6.61 Å². The third-order valence-corrected chi connectivity index (χ3v) is 4.25. The van der Waals surface area contributed by atoms with Gasteiger partial charge in [0.2, 0.25) is 0 Å². The second-order valence-corrected chi connectivity index (χ2v) is 6.25. The van der Waals surface area contributed by atoms with E-state index < -0.39 is 29.0 Å². The Bertz CT molecular complexity index is 1060. The van der Waals surface area contributed by atoms with Crippen molar-refractivity contribution in [2.45, 2.75) is 20.5 Å². The average Bonchev–Trinajstić information content (AvgIpc) is 3.00. The highest BCUT2D eigenvalue weighted by Crippen LogP contribution is 2.21. The lowest BCUT2D eigenvalue weighted by Crippen LogP contribution is -2.17. The van der Waals surface area contributed by atoms with Crippen molar-refractivity contribution in [2.75, 3.05) is 5.32 Å². The number of halogens is 2. The average molecular weight is 401 g/mol. The molecule has 2 amide bonds. The van der Waals surface area contributed by atoms with Crippen LogP contribution in [0.3, 0.4) is 0 Å². The normalized spacial score (nSPS) is 10.6. The van der Waals surface area contributed by atoms with Crippen LogP contribution in [-0.4, -0.2) is 17.0 Å². The number of nitrogens with one attached hydrogen (secondary N) is 1. The summed E-state index contributed by atoms with van der Waals surface area (Å²) in [6.45, 7) is 3.84. The van der Waals surface area contributed by atoms with E-state index in [0.717, 1.165) is 17.3 Å². The number of carbonyl (C=O) groups is 2. The van der Waals surface area contributed by atoms with Gasteiger partial charge in [0.1, 0.15) is 29.8 Å². The Morgan fingerprint density at radius 1 is 1.14 bits per heavy atom. The highest BCUT2D eigenvalue weighted by atomic mass is 19.1. The molecule has 7 nitrogen and oxygen atoms in total. The van der Waals surface area contributed by atoms with E-state index in [2.05, 4.69) is 10.5 Å². The standard InChI is InChI=1S/C20H17F2N3O4/c1-10-15(11(2)29-25-10)9-28-13-5-3-12(4-6-13)20(27)24-18-7-14(19(23)26)16(21)8-17(18)22/h3-8H,9H2,1-2H3,(H2,23,26)(H,24,27). The Morgan fingerprint density at radius 3 is 2.41 bits per heavy atom. The number of aromatic nitrogens is 1. The molecule has 3 aromatic rings. The number of amides is 2. The Kier molecular flexibility index (Phi) is 5.58. The fourth-order valence-corrected chi connectivity index (χ4v) is 2.59. The predicted octanol–water partition coefficient (Wildman–Crippen LogP) is 3.50. The third-order valence-electron chi connectivity index (χ3n) is 4.25. The Labute approximate surface area is 164 Å². The molecule has 0 unspecified atom stereocenters. The van der Waals surface area contributed by atoms with E-state index in [9.17, 15) is 18.4 Å². The number of anilines is 1. The van der Waals surface area contributed by atoms with Crippen molar-refractivity contribution in [3.8, 4) is 5.75 Å². The summed E-state index contributed by atoms with van der Waals surface area (Å²) in [6, 6.07) is 7.45. The Hall–Kier alpha value is -3.75. The van der Waals surface area contributed by atoms with Crippen LogP contribution >= 0.6 is 0 Å². The number of ether oxygens (including phenoxy) is 1. The number of primary amides is 1. The zero-order valence-electron chi connectivity index (χ0n) is 15.6. The molecule has 3 N–H and O–H groups in total. The number of rotatable bonds is 6. The van der Waals surface area contributed by atoms with Crippen molar-refractivity contribution in [3.63, 3.8) is 0 Å². The molecule has 150 valence electrons. The number of hydrogen-bond acceptors (Lipinski definition) is 5. The van der Waals surface area contributed by atoms with Crippen LogP contribution in [0.15, 0.2) is 40.9 Å². The van der Waals surface area contributed by atoms with Crippen LogP contribution in [0.2, 0.25) is 0 Å². The molecule has 9 heteroatoms. The second-order valence-electron chi connectivity index (χ2n) is 6.25. The van der Waals surface area contributed by atoms with Crippen molar-refractivity contribution in [3.05, 3.63) is 76.2 Å². The maximum absolute atomic E-state index is 13.9. The molecule has 0 bridgehead atoms. The molecule has 1 aromatic heterocycles. The Balaban J connectivity index is 1.69. The van der Waals surface area contributed by atoms with Gasteiger partial charge in [0.15, 0.2) is 0 Å². The lowest BCUT2D eigenvalue weighted by molar-refractivity contribution is 0.0992. The maximum Gasteiger partial charge on any atom is 0.255 e. The molecule has 0 aliphatic carbocycles. The van der Waals surface area contributed by atoms with E-state index in [1.807, 2.05) is 0 Å². The number of hydrogen-bond donors (Lipinski definition) is 2. The summed E-state index contributed by atoms with van der Waals surface area (Å²) in [6.07, 6.45) is 0. The minimum atomic E-state index is -1.10. The third kappa shape index (κ3) is 4.40. The Morgan fingerprint density at radius 2 is 1.83 bits per heavy atom. The molecule has 0 saturated carbocycles. The van der Waals surface area contributed by atoms with Crippen molar-refractivity contribution in [1.29, 1.82) is 0 Å². The van der Waals surface area contributed by atoms with Gasteiger partial charge in [0, 0.05) is 11.6 Å². The molecule has 0 atom stereocenters. The molecule has 29 heavy (non-hydrogen) atoms. The van der Waals surface area contributed by atoms with Crippen LogP contribution < -0.4 is 15.8 Å². The first kappa shape index (κ1) is 20.0. The lowest BCUT2D eigenvalue weighted by atomic mass is 10.1. The number of nitrogens with zero attached hydrogens (tertiary/aromatic N) is 1. The second kappa shape index (κ2) is 8.09. The fourth-order valence-electron chi connectivity index (χ4n) is 2.59. The van der Waals surface area contributed by atoms with E-state index >= 15 is 0 Å². The van der Waals surface area contributed by atoms with Crippen molar-refractivity contribution >= 4 is 17.5 Å². The van der Waals surface area contributed by atoms with Gasteiger partial charge in [0.25, 0.3) is 11.8 Å². The van der Waals surface area contributed by atoms with Gasteiger partial charge in [-0.05, 0) is 44.2 Å². The summed E-state index contributed by atoms with van der Waals surface area (Å²) < 4.78 is 38.1. The summed E-state index contributed by atoms with van der Waals surface area (Å²) in [5.41, 5.74) is 5.93. The molecular formula is C20H17F2N3O4. The SMILES string of the molecule is Cc1noc(C)c1COc1ccc(C(=O)Nc2cc(C(N)=O)c(F)cc2F)cc1. The van der Waals surface area contributed by atoms with Crippen molar-refractivity contribution in [2.24, 2.45) is 5.73 Å². The summed E-state index contributed by atoms with van der Waals surface area (Å²) in [5, 5.41) is 6.13. The van der Waals surface area contributed by atoms with Crippen LogP contribution in [0.1, 0.15) is 37.7 Å². The van der Waals surface area contributed by atoms with Crippen LogP contribution in [0.5, 0.6) is 5.75 Å². The largest absolute Gasteiger partial charge is 0.489 e. The smallest absolute Gasteiger partial charge is 0.255 e. The van der Waals surface area contributed by atoms with Gasteiger partial charge >= 0.3 is 0 Å². The van der Waals surface area contributed by atoms with Crippen LogP contribution in [0.4, 0.5) is 14.5 Å². The van der Waals surface area contributed by atoms with E-state index in [-0.39, 0.29) is 17.9 Å². The molecule has 0 spiro atoms. The summed E-state index contributed by atoms with van der Waals surface area (Å²) in [7, 11) is 0. The van der Waals surface area contributed by atoms with Gasteiger partial charge in [-0.1, -0.05) is 5.16 Å². The van der Waals surface area contributed by atoms with E-state index in [1.165, 1.54) is 12.1 Å². The molecule has 0 saturated heterocycles. The monoisotopic (exact) mass is 401 g/mol. The summed E-state index contributed by atoms with van der Waals surface area (Å²) in [4.78, 5) is 23.5. The maximum atomic E-state index is 13.9. The molecular weight excluding hydrogens is 384 g/mol. The van der Waals surface area contributed by atoms with Gasteiger partial charge in [-0.15, -0.1) is 0 Å². The number of benzene rings is 2. The molecule has 3 rings (SSSR count). The molecule has 0 aliphatic rings. The highest BCUT2D eigenvalue weighted by Gasteiger charge is 2.16. The lowest BCUT2D eigenvalue weighted by Gasteiger charge is -2.10. The molecule has 0 aliphatic heterocycles. The number of nitrogens with two attached hydrogens (primary N) is 1. The minimum absolute atomic E-state index is 0.207. The molecule has 0 fully saturated rings. The topological polar surface area (TPSA) is 107 Å². The van der Waals surface area contributed by atoms with E-state index in [4.69, 9.17) is 15.0 Å². The van der Waals surface area contributed by atoms with Gasteiger partial charge < -0.3 is 20.3 Å². The zero-order valence-corrected chi connectivity index (χ0v) is 15.6. The first-order valence-electron chi connectivity index (χ1n) is 8.51. The quantitative estimate of drug-likeness (QED) is 0.657. The number of aryl methyl sites for hydroxylation is 2. The zero-order chi connectivity index (χ0) is 21.1. The van der Waals surface area contributed by atoms with Gasteiger partial charge in [-0.2, -0.15) is 0 Å². The van der Waals surface area contributed by atoms with Crippen molar-refractivity contribution in [1.82, 2.24) is 5.16 Å². The van der Waals surface area contributed by atoms with Crippen molar-refractivity contribution < 1.29 is 27.6 Å². The van der Waals surface area contributed by atoms with E-state index in [1.54, 1.807) is 26.0 Å². The first-order valence-corrected chi connectivity index (χ1v) is 8.51. The molecule has 2 aromatic carbocycles. The van der Waals surface area contributed by atoms with Crippen LogP contribution in [0, 0.1) is 25.5 Å². The highest BCUT2D eigenvalue weighted by molar-refractivity contribution is 6.05. The molecule has 1 heterocycles. The fraction of sp³-hybridized carbons (Fsp3) is 0.150. The summed E-state index contributed by atoms with van der Waals surface area (Å²) in [5.74, 6) is -2.69. The van der Waals surface area contributed by atoms with E-state index in [0.29, 0.717) is 17.6 Å². The molecule has 0 radical (unpaired) electrons. The minimum Gasteiger partial charge on any atom is -0.489 e. The first-order chi connectivity index (χ1) is 13.8. The summed E-state index contributed by atoms with van der Waals surface area (Å²) >= 11 is 0. The number of carbonyl (C=O) groups excluding carboxylic acids is 2. The van der Waals surface area contributed by atoms with Gasteiger partial charge in [0.05, 0.1) is 22.5 Å². The van der Waals surface area contributed by atoms with Gasteiger partial charge in [-0.3, -0.25) is 9.59 Å². The van der Waals surface area contributed by atoms with Gasteiger partial charge in [-0.25, -0.2) is 8.78 Å².